The molecule has 5 aromatic rings. The van der Waals surface area contributed by atoms with Crippen LogP contribution in [-0.4, -0.2) is 41.5 Å². The van der Waals surface area contributed by atoms with Crippen LogP contribution in [0, 0.1) is 0 Å². The molecule has 3 atom stereocenters. The summed E-state index contributed by atoms with van der Waals surface area (Å²) in [6.07, 6.45) is 6.39. The third-order valence-electron chi connectivity index (χ3n) is 7.90. The average molecular weight is 555 g/mol. The number of hydrogen-bond donors (Lipinski definition) is 1. The van der Waals surface area contributed by atoms with Gasteiger partial charge in [-0.05, 0) is 56.2 Å². The first-order chi connectivity index (χ1) is 19.9. The summed E-state index contributed by atoms with van der Waals surface area (Å²) >= 11 is 0. The Balaban J connectivity index is 1.40. The van der Waals surface area contributed by atoms with Gasteiger partial charge in [-0.25, -0.2) is 9.31 Å². The van der Waals surface area contributed by atoms with Crippen LogP contribution in [0.2, 0.25) is 0 Å². The van der Waals surface area contributed by atoms with Crippen LogP contribution in [0.15, 0.2) is 69.0 Å². The molecule has 1 N–H and O–H groups in total. The Morgan fingerprint density at radius 2 is 1.73 bits per heavy atom. The van der Waals surface area contributed by atoms with Gasteiger partial charge in [-0.15, -0.1) is 0 Å². The molecule has 1 unspecified atom stereocenters. The summed E-state index contributed by atoms with van der Waals surface area (Å²) in [6, 6.07) is 15.9. The molecule has 0 spiro atoms. The number of aromatic nitrogens is 6. The summed E-state index contributed by atoms with van der Waals surface area (Å²) in [5.41, 5.74) is 5.38. The van der Waals surface area contributed by atoms with E-state index >= 15 is 0 Å². The number of nitrogens with one attached hydrogen (secondary N) is 1. The lowest BCUT2D eigenvalue weighted by Gasteiger charge is -2.33. The van der Waals surface area contributed by atoms with Crippen molar-refractivity contribution in [3.63, 3.8) is 0 Å². The van der Waals surface area contributed by atoms with Crippen LogP contribution in [0.5, 0.6) is 0 Å². The van der Waals surface area contributed by atoms with Crippen molar-refractivity contribution in [1.82, 2.24) is 29.3 Å². The molecule has 0 radical (unpaired) electrons. The van der Waals surface area contributed by atoms with Crippen molar-refractivity contribution in [2.45, 2.75) is 77.5 Å². The largest absolute Gasteiger partial charge is 0.439 e. The standard InChI is InChI=1S/C31H34N6O4/c1-4-5-10-27-26(29(38)36(30-32-18-33-37(27)30)23-15-19(2)40-20(3)16-23)17-21-11-13-22(14-12-21)24-8-6-7-9-25(24)28-34-31(39)41-35-28/h6-9,11-14,18-20,23H,4-5,10,15-17H2,1-3H3,(H,34,35,39)/t19-,20+,23?. The Hall–Kier alpha value is -4.31. The Bertz CT molecular complexity index is 1770. The lowest BCUT2D eigenvalue weighted by atomic mass is 9.95. The van der Waals surface area contributed by atoms with Crippen molar-refractivity contribution in [2.24, 2.45) is 0 Å². The topological polar surface area (TPSA) is 120 Å². The van der Waals surface area contributed by atoms with E-state index < -0.39 is 5.76 Å². The summed E-state index contributed by atoms with van der Waals surface area (Å²) in [4.78, 5) is 33.0. The maximum atomic E-state index is 14.3. The van der Waals surface area contributed by atoms with Gasteiger partial charge in [-0.2, -0.15) is 10.1 Å². The molecule has 3 aromatic heterocycles. The van der Waals surface area contributed by atoms with E-state index in [-0.39, 0.29) is 23.8 Å². The second-order valence-electron chi connectivity index (χ2n) is 10.9. The zero-order valence-electron chi connectivity index (χ0n) is 23.5. The first-order valence-electron chi connectivity index (χ1n) is 14.3. The minimum absolute atomic E-state index is 0.00576. The number of hydrogen-bond acceptors (Lipinski definition) is 7. The summed E-state index contributed by atoms with van der Waals surface area (Å²) in [6.45, 7) is 6.27. The second kappa shape index (κ2) is 11.3. The first-order valence-corrected chi connectivity index (χ1v) is 14.3. The van der Waals surface area contributed by atoms with E-state index in [9.17, 15) is 9.59 Å². The van der Waals surface area contributed by atoms with Crippen LogP contribution < -0.4 is 11.3 Å². The average Bonchev–Trinajstić information content (AvgIpc) is 3.62. The SMILES string of the molecule is CCCCc1c(Cc2ccc(-c3ccccc3-c3noc(=O)[nH]3)cc2)c(=O)n(C2C[C@@H](C)O[C@@H](C)C2)c2ncnn12. The normalized spacial score (nSPS) is 19.1. The van der Waals surface area contributed by atoms with Crippen LogP contribution in [0.1, 0.15) is 69.3 Å². The lowest BCUT2D eigenvalue weighted by molar-refractivity contribution is -0.0488. The quantitative estimate of drug-likeness (QED) is 0.288. The van der Waals surface area contributed by atoms with Crippen molar-refractivity contribution in [3.05, 3.63) is 92.6 Å². The van der Waals surface area contributed by atoms with E-state index in [0.717, 1.165) is 65.6 Å². The smallest absolute Gasteiger partial charge is 0.375 e. The number of fused-ring (bicyclic) bond motifs is 1. The number of unbranched alkanes of at least 4 members (excludes halogenated alkanes) is 1. The number of aromatic amines is 1. The third-order valence-corrected chi connectivity index (χ3v) is 7.90. The lowest BCUT2D eigenvalue weighted by Crippen LogP contribution is -2.38. The predicted molar refractivity (Wildman–Crippen MR) is 155 cm³/mol. The second-order valence-corrected chi connectivity index (χ2v) is 10.9. The number of benzene rings is 2. The Morgan fingerprint density at radius 3 is 2.41 bits per heavy atom. The fourth-order valence-corrected chi connectivity index (χ4v) is 6.06. The number of aryl methyl sites for hydroxylation is 1. The number of H-pyrrole nitrogens is 1. The van der Waals surface area contributed by atoms with Crippen LogP contribution in [0.25, 0.3) is 28.3 Å². The molecule has 1 aliphatic heterocycles. The molecule has 0 bridgehead atoms. The van der Waals surface area contributed by atoms with E-state index in [1.807, 2.05) is 45.5 Å². The highest BCUT2D eigenvalue weighted by atomic mass is 16.5. The Morgan fingerprint density at radius 1 is 1.00 bits per heavy atom. The van der Waals surface area contributed by atoms with Gasteiger partial charge in [0.05, 0.1) is 17.9 Å². The maximum Gasteiger partial charge on any atom is 0.439 e. The summed E-state index contributed by atoms with van der Waals surface area (Å²) < 4.78 is 14.4. The van der Waals surface area contributed by atoms with Gasteiger partial charge in [0.2, 0.25) is 5.78 Å². The van der Waals surface area contributed by atoms with Gasteiger partial charge in [-0.1, -0.05) is 67.0 Å². The molecule has 0 saturated carbocycles. The minimum atomic E-state index is -0.594. The molecule has 1 aliphatic rings. The van der Waals surface area contributed by atoms with Crippen LogP contribution >= 0.6 is 0 Å². The van der Waals surface area contributed by atoms with Gasteiger partial charge in [0.25, 0.3) is 5.56 Å². The van der Waals surface area contributed by atoms with E-state index in [1.165, 1.54) is 0 Å². The molecule has 0 aliphatic carbocycles. The Kier molecular flexibility index (Phi) is 7.40. The van der Waals surface area contributed by atoms with E-state index in [2.05, 4.69) is 53.1 Å². The van der Waals surface area contributed by atoms with Crippen LogP contribution in [-0.2, 0) is 17.6 Å². The number of rotatable bonds is 8. The molecule has 1 saturated heterocycles. The van der Waals surface area contributed by atoms with E-state index in [0.29, 0.717) is 18.0 Å². The fraction of sp³-hybridized carbons (Fsp3) is 0.387. The van der Waals surface area contributed by atoms with Crippen molar-refractivity contribution < 1.29 is 9.26 Å². The highest BCUT2D eigenvalue weighted by molar-refractivity contribution is 5.80. The van der Waals surface area contributed by atoms with Crippen LogP contribution in [0.4, 0.5) is 0 Å². The monoisotopic (exact) mass is 554 g/mol. The molecular formula is C31H34N6O4. The van der Waals surface area contributed by atoms with Gasteiger partial charge in [0.1, 0.15) is 6.33 Å². The molecule has 0 amide bonds. The molecule has 6 rings (SSSR count). The molecule has 4 heterocycles. The van der Waals surface area contributed by atoms with Gasteiger partial charge >= 0.3 is 5.76 Å². The zero-order valence-corrected chi connectivity index (χ0v) is 23.5. The molecular weight excluding hydrogens is 520 g/mol. The number of ether oxygens (including phenoxy) is 1. The number of nitrogens with zero attached hydrogens (tertiary/aromatic N) is 5. The Labute approximate surface area is 237 Å². The van der Waals surface area contributed by atoms with E-state index in [1.54, 1.807) is 6.33 Å². The van der Waals surface area contributed by atoms with Gasteiger partial charge in [0.15, 0.2) is 5.82 Å². The summed E-state index contributed by atoms with van der Waals surface area (Å²) in [5.74, 6) is 0.395. The zero-order chi connectivity index (χ0) is 28.5. The summed E-state index contributed by atoms with van der Waals surface area (Å²) in [5, 5.41) is 8.44. The van der Waals surface area contributed by atoms with Crippen molar-refractivity contribution in [1.29, 1.82) is 0 Å². The minimum Gasteiger partial charge on any atom is -0.375 e. The third kappa shape index (κ3) is 5.27. The van der Waals surface area contributed by atoms with Crippen LogP contribution in [0.3, 0.4) is 0 Å². The van der Waals surface area contributed by atoms with E-state index in [4.69, 9.17) is 9.26 Å². The van der Waals surface area contributed by atoms with Gasteiger partial charge < -0.3 is 4.74 Å². The molecule has 10 heteroatoms. The molecule has 10 nitrogen and oxygen atoms in total. The predicted octanol–water partition coefficient (Wildman–Crippen LogP) is 4.96. The van der Waals surface area contributed by atoms with Crippen molar-refractivity contribution in [3.8, 4) is 22.5 Å². The highest BCUT2D eigenvalue weighted by Crippen LogP contribution is 2.31. The maximum absolute atomic E-state index is 14.3. The van der Waals surface area contributed by atoms with Gasteiger partial charge in [0, 0.05) is 23.6 Å². The molecule has 41 heavy (non-hydrogen) atoms. The highest BCUT2D eigenvalue weighted by Gasteiger charge is 2.30. The van der Waals surface area contributed by atoms with Crippen molar-refractivity contribution in [2.75, 3.05) is 0 Å². The molecule has 212 valence electrons. The molecule has 2 aromatic carbocycles. The fourth-order valence-electron chi connectivity index (χ4n) is 6.06. The van der Waals surface area contributed by atoms with Gasteiger partial charge in [-0.3, -0.25) is 18.9 Å². The first kappa shape index (κ1) is 26.9. The molecule has 1 fully saturated rings. The van der Waals surface area contributed by atoms with Crippen molar-refractivity contribution >= 4 is 5.78 Å². The summed E-state index contributed by atoms with van der Waals surface area (Å²) in [7, 11) is 0.